The zero-order valence-electron chi connectivity index (χ0n) is 12.3. The number of aliphatic hydroxyl groups excluding tert-OH is 1. The summed E-state index contributed by atoms with van der Waals surface area (Å²) < 4.78 is 2.05. The number of aryl methyl sites for hydroxylation is 2. The van der Waals surface area contributed by atoms with Crippen LogP contribution in [0.5, 0.6) is 0 Å². The Morgan fingerprint density at radius 1 is 1.29 bits per heavy atom. The van der Waals surface area contributed by atoms with E-state index in [9.17, 15) is 5.11 Å². The minimum atomic E-state index is -0.385. The average molecular weight is 288 g/mol. The Balaban J connectivity index is 1.62. The van der Waals surface area contributed by atoms with Crippen molar-refractivity contribution in [3.63, 3.8) is 0 Å². The molecule has 0 amide bonds. The number of hydrogen-bond acceptors (Lipinski definition) is 6. The van der Waals surface area contributed by atoms with E-state index >= 15 is 0 Å². The molecular weight excluding hydrogens is 268 g/mol. The largest absolute Gasteiger partial charge is 0.391 e. The molecule has 0 spiro atoms. The maximum atomic E-state index is 10.2. The third kappa shape index (κ3) is 3.18. The van der Waals surface area contributed by atoms with Gasteiger partial charge in [-0.25, -0.2) is 9.97 Å². The molecule has 7 heteroatoms. The van der Waals surface area contributed by atoms with Gasteiger partial charge in [0.05, 0.1) is 29.9 Å². The van der Waals surface area contributed by atoms with Crippen LogP contribution >= 0.6 is 0 Å². The van der Waals surface area contributed by atoms with Gasteiger partial charge in [-0.05, 0) is 32.6 Å². The Hall–Kier alpha value is -2.02. The molecule has 0 aliphatic heterocycles. The second-order valence-corrected chi connectivity index (χ2v) is 5.72. The van der Waals surface area contributed by atoms with E-state index in [4.69, 9.17) is 0 Å². The van der Waals surface area contributed by atoms with Crippen LogP contribution < -0.4 is 5.32 Å². The van der Waals surface area contributed by atoms with Crippen molar-refractivity contribution in [3.05, 3.63) is 30.1 Å². The summed E-state index contributed by atoms with van der Waals surface area (Å²) in [5.74, 6) is 0.914. The maximum Gasteiger partial charge on any atom is 0.243 e. The molecule has 21 heavy (non-hydrogen) atoms. The van der Waals surface area contributed by atoms with E-state index in [1.54, 1.807) is 6.20 Å². The Bertz CT molecular complexity index is 600. The number of aliphatic hydroxyl groups is 1. The number of aromatic nitrogens is 5. The van der Waals surface area contributed by atoms with Crippen LogP contribution in [0.25, 0.3) is 0 Å². The first kappa shape index (κ1) is 13.9. The summed E-state index contributed by atoms with van der Waals surface area (Å²) in [7, 11) is 0. The van der Waals surface area contributed by atoms with E-state index in [-0.39, 0.29) is 12.1 Å². The summed E-state index contributed by atoms with van der Waals surface area (Å²) in [5.41, 5.74) is 1.68. The van der Waals surface area contributed by atoms with Gasteiger partial charge in [0.2, 0.25) is 5.95 Å². The minimum absolute atomic E-state index is 0.0255. The van der Waals surface area contributed by atoms with E-state index in [2.05, 4.69) is 25.5 Å². The maximum absolute atomic E-state index is 10.2. The SMILES string of the molecule is Cc1nnc(N[C@@H]2CC(Cn3ccnc3)C[C@H]2O)nc1C. The van der Waals surface area contributed by atoms with Crippen molar-refractivity contribution in [2.45, 2.75) is 45.4 Å². The lowest BCUT2D eigenvalue weighted by Gasteiger charge is -2.16. The third-order valence-corrected chi connectivity index (χ3v) is 4.06. The lowest BCUT2D eigenvalue weighted by Crippen LogP contribution is -2.29. The predicted molar refractivity (Wildman–Crippen MR) is 77.7 cm³/mol. The van der Waals surface area contributed by atoms with Crippen LogP contribution in [-0.2, 0) is 6.54 Å². The first-order valence-corrected chi connectivity index (χ1v) is 7.20. The van der Waals surface area contributed by atoms with Gasteiger partial charge in [0.15, 0.2) is 0 Å². The van der Waals surface area contributed by atoms with Crippen molar-refractivity contribution in [1.82, 2.24) is 24.7 Å². The summed E-state index contributed by atoms with van der Waals surface area (Å²) in [6.45, 7) is 4.66. The number of rotatable bonds is 4. The lowest BCUT2D eigenvalue weighted by molar-refractivity contribution is 0.166. The third-order valence-electron chi connectivity index (χ3n) is 4.06. The van der Waals surface area contributed by atoms with Crippen molar-refractivity contribution in [3.8, 4) is 0 Å². The number of nitrogens with one attached hydrogen (secondary N) is 1. The first-order chi connectivity index (χ1) is 10.1. The standard InChI is InChI=1S/C14H20N6O/c1-9-10(2)18-19-14(16-9)17-12-5-11(6-13(12)21)7-20-4-3-15-8-20/h3-4,8,11-13,21H,5-7H2,1-2H3,(H,16,17,19)/t11?,12-,13-/m1/s1. The van der Waals surface area contributed by atoms with Gasteiger partial charge in [0.1, 0.15) is 0 Å². The topological polar surface area (TPSA) is 88.8 Å². The molecule has 1 saturated carbocycles. The van der Waals surface area contributed by atoms with Gasteiger partial charge in [0, 0.05) is 18.9 Å². The Morgan fingerprint density at radius 3 is 2.86 bits per heavy atom. The summed E-state index contributed by atoms with van der Waals surface area (Å²) in [5, 5.41) is 21.5. The molecule has 1 fully saturated rings. The van der Waals surface area contributed by atoms with Crippen LogP contribution in [0.1, 0.15) is 24.2 Å². The van der Waals surface area contributed by atoms with Gasteiger partial charge in [-0.2, -0.15) is 5.10 Å². The highest BCUT2D eigenvalue weighted by atomic mass is 16.3. The van der Waals surface area contributed by atoms with E-state index in [0.29, 0.717) is 11.9 Å². The number of imidazole rings is 1. The second kappa shape index (κ2) is 5.77. The molecule has 1 unspecified atom stereocenters. The fourth-order valence-electron chi connectivity index (χ4n) is 2.80. The molecule has 2 heterocycles. The predicted octanol–water partition coefficient (Wildman–Crippen LogP) is 0.937. The van der Waals surface area contributed by atoms with E-state index in [0.717, 1.165) is 30.8 Å². The van der Waals surface area contributed by atoms with Crippen molar-refractivity contribution in [2.75, 3.05) is 5.32 Å². The second-order valence-electron chi connectivity index (χ2n) is 5.72. The molecule has 3 rings (SSSR count). The zero-order chi connectivity index (χ0) is 14.8. The van der Waals surface area contributed by atoms with Gasteiger partial charge in [0.25, 0.3) is 0 Å². The van der Waals surface area contributed by atoms with Crippen LogP contribution in [0.4, 0.5) is 5.95 Å². The van der Waals surface area contributed by atoms with Crippen LogP contribution in [0.15, 0.2) is 18.7 Å². The summed E-state index contributed by atoms with van der Waals surface area (Å²) in [4.78, 5) is 8.40. The molecule has 112 valence electrons. The Labute approximate surface area is 123 Å². The highest BCUT2D eigenvalue weighted by Crippen LogP contribution is 2.29. The number of hydrogen-bond donors (Lipinski definition) is 2. The smallest absolute Gasteiger partial charge is 0.243 e. The molecule has 2 aromatic rings. The van der Waals surface area contributed by atoms with Crippen LogP contribution in [0.2, 0.25) is 0 Å². The molecule has 0 radical (unpaired) electrons. The highest BCUT2D eigenvalue weighted by molar-refractivity contribution is 5.27. The van der Waals surface area contributed by atoms with E-state index in [1.807, 2.05) is 30.9 Å². The van der Waals surface area contributed by atoms with Crippen LogP contribution in [0, 0.1) is 19.8 Å². The summed E-state index contributed by atoms with van der Waals surface area (Å²) in [6.07, 6.45) is 6.80. The highest BCUT2D eigenvalue weighted by Gasteiger charge is 2.33. The van der Waals surface area contributed by atoms with Gasteiger partial charge >= 0.3 is 0 Å². The molecule has 3 atom stereocenters. The zero-order valence-corrected chi connectivity index (χ0v) is 12.3. The first-order valence-electron chi connectivity index (χ1n) is 7.20. The van der Waals surface area contributed by atoms with Crippen molar-refractivity contribution < 1.29 is 5.11 Å². The van der Waals surface area contributed by atoms with E-state index < -0.39 is 0 Å². The normalized spacial score (nSPS) is 25.2. The van der Waals surface area contributed by atoms with Gasteiger partial charge < -0.3 is 15.0 Å². The fourth-order valence-corrected chi connectivity index (χ4v) is 2.80. The number of nitrogens with zero attached hydrogens (tertiary/aromatic N) is 5. The van der Waals surface area contributed by atoms with E-state index in [1.165, 1.54) is 0 Å². The number of anilines is 1. The van der Waals surface area contributed by atoms with Crippen LogP contribution in [-0.4, -0.2) is 42.0 Å². The summed E-state index contributed by atoms with van der Waals surface area (Å²) in [6, 6.07) is -0.0255. The monoisotopic (exact) mass is 288 g/mol. The molecular formula is C14H20N6O. The molecule has 0 bridgehead atoms. The van der Waals surface area contributed by atoms with Crippen molar-refractivity contribution in [1.29, 1.82) is 0 Å². The lowest BCUT2D eigenvalue weighted by atomic mass is 10.1. The molecule has 0 saturated heterocycles. The van der Waals surface area contributed by atoms with Gasteiger partial charge in [-0.1, -0.05) is 0 Å². The molecule has 1 aliphatic carbocycles. The molecule has 7 nitrogen and oxygen atoms in total. The Morgan fingerprint density at radius 2 is 2.14 bits per heavy atom. The van der Waals surface area contributed by atoms with Crippen LogP contribution in [0.3, 0.4) is 0 Å². The molecule has 2 N–H and O–H groups in total. The fraction of sp³-hybridized carbons (Fsp3) is 0.571. The molecule has 2 aromatic heterocycles. The van der Waals surface area contributed by atoms with Crippen molar-refractivity contribution >= 4 is 5.95 Å². The summed E-state index contributed by atoms with van der Waals surface area (Å²) >= 11 is 0. The molecule has 0 aromatic carbocycles. The Kier molecular flexibility index (Phi) is 3.83. The quantitative estimate of drug-likeness (QED) is 0.870. The van der Waals surface area contributed by atoms with Gasteiger partial charge in [-0.15, -0.1) is 5.10 Å². The van der Waals surface area contributed by atoms with Crippen molar-refractivity contribution in [2.24, 2.45) is 5.92 Å². The minimum Gasteiger partial charge on any atom is -0.391 e. The molecule has 1 aliphatic rings. The average Bonchev–Trinajstić information content (AvgIpc) is 3.05. The van der Waals surface area contributed by atoms with Gasteiger partial charge in [-0.3, -0.25) is 0 Å².